The molecule has 0 spiro atoms. The Kier molecular flexibility index (Phi) is 5.71. The van der Waals surface area contributed by atoms with Gasteiger partial charge in [0.15, 0.2) is 0 Å². The van der Waals surface area contributed by atoms with E-state index in [1.54, 1.807) is 24.4 Å². The van der Waals surface area contributed by atoms with E-state index < -0.39 is 0 Å². The van der Waals surface area contributed by atoms with E-state index in [-0.39, 0.29) is 5.91 Å². The minimum atomic E-state index is -0.261. The number of aromatic nitrogens is 1. The van der Waals surface area contributed by atoms with Crippen molar-refractivity contribution >= 4 is 23.0 Å². The molecule has 0 saturated carbocycles. The van der Waals surface area contributed by atoms with E-state index in [0.29, 0.717) is 18.0 Å². The molecule has 0 aliphatic rings. The van der Waals surface area contributed by atoms with Crippen LogP contribution in [0.25, 0.3) is 0 Å². The normalized spacial score (nSPS) is 10.3. The predicted molar refractivity (Wildman–Crippen MR) is 109 cm³/mol. The van der Waals surface area contributed by atoms with Gasteiger partial charge in [-0.2, -0.15) is 0 Å². The number of hydrogen-bond acceptors (Lipinski definition) is 4. The first-order valence-corrected chi connectivity index (χ1v) is 8.89. The van der Waals surface area contributed by atoms with Crippen LogP contribution in [0.15, 0.2) is 60.8 Å². The van der Waals surface area contributed by atoms with Gasteiger partial charge in [-0.15, -0.1) is 0 Å². The molecule has 0 unspecified atom stereocenters. The summed E-state index contributed by atoms with van der Waals surface area (Å²) in [5.41, 5.74) is 5.21. The number of nitrogens with one attached hydrogen (secondary N) is 2. The number of carbonyl (C=O) groups is 1. The average Bonchev–Trinajstić information content (AvgIpc) is 2.66. The van der Waals surface area contributed by atoms with Crippen LogP contribution < -0.4 is 15.4 Å². The fraction of sp³-hybridized carbons (Fsp3) is 0.182. The standard InChI is InChI=1S/C22H23N3O2/c1-4-27-19-8-6-17(7-9-19)25-22(26)21-14-18(11-12-23-21)24-20-10-5-15(2)13-16(20)3/h5-14H,4H2,1-3H3,(H,23,24)(H,25,26). The zero-order chi connectivity index (χ0) is 19.2. The second-order valence-electron chi connectivity index (χ2n) is 6.28. The van der Waals surface area contributed by atoms with Crippen LogP contribution in [-0.4, -0.2) is 17.5 Å². The Morgan fingerprint density at radius 3 is 2.48 bits per heavy atom. The van der Waals surface area contributed by atoms with Crippen molar-refractivity contribution < 1.29 is 9.53 Å². The first-order chi connectivity index (χ1) is 13.0. The van der Waals surface area contributed by atoms with Crippen molar-refractivity contribution in [1.82, 2.24) is 4.98 Å². The smallest absolute Gasteiger partial charge is 0.274 e. The average molecular weight is 361 g/mol. The fourth-order valence-electron chi connectivity index (χ4n) is 2.74. The molecular weight excluding hydrogens is 338 g/mol. The van der Waals surface area contributed by atoms with Crippen molar-refractivity contribution in [3.05, 3.63) is 77.6 Å². The number of ether oxygens (including phenoxy) is 1. The molecule has 27 heavy (non-hydrogen) atoms. The van der Waals surface area contributed by atoms with E-state index in [4.69, 9.17) is 4.74 Å². The van der Waals surface area contributed by atoms with Crippen molar-refractivity contribution in [2.24, 2.45) is 0 Å². The lowest BCUT2D eigenvalue weighted by atomic mass is 10.1. The second-order valence-corrected chi connectivity index (χ2v) is 6.28. The van der Waals surface area contributed by atoms with Crippen LogP contribution >= 0.6 is 0 Å². The quantitative estimate of drug-likeness (QED) is 0.642. The molecule has 0 saturated heterocycles. The Morgan fingerprint density at radius 2 is 1.78 bits per heavy atom. The lowest BCUT2D eigenvalue weighted by Gasteiger charge is -2.11. The first kappa shape index (κ1) is 18.5. The molecule has 1 amide bonds. The summed E-state index contributed by atoms with van der Waals surface area (Å²) in [6, 6.07) is 17.0. The van der Waals surface area contributed by atoms with Crippen LogP contribution in [0, 0.1) is 13.8 Å². The molecule has 5 nitrogen and oxygen atoms in total. The van der Waals surface area contributed by atoms with Gasteiger partial charge in [-0.05, 0) is 68.8 Å². The van der Waals surface area contributed by atoms with Gasteiger partial charge in [-0.3, -0.25) is 9.78 Å². The van der Waals surface area contributed by atoms with Crippen molar-refractivity contribution in [1.29, 1.82) is 0 Å². The summed E-state index contributed by atoms with van der Waals surface area (Å²) >= 11 is 0. The van der Waals surface area contributed by atoms with Crippen LogP contribution in [0.4, 0.5) is 17.1 Å². The highest BCUT2D eigenvalue weighted by Gasteiger charge is 2.09. The highest BCUT2D eigenvalue weighted by Crippen LogP contribution is 2.22. The van der Waals surface area contributed by atoms with Gasteiger partial charge in [0.25, 0.3) is 5.91 Å². The molecule has 2 N–H and O–H groups in total. The third kappa shape index (κ3) is 4.85. The van der Waals surface area contributed by atoms with Gasteiger partial charge < -0.3 is 15.4 Å². The number of amides is 1. The Hall–Kier alpha value is -3.34. The van der Waals surface area contributed by atoms with Gasteiger partial charge in [0.05, 0.1) is 6.61 Å². The minimum Gasteiger partial charge on any atom is -0.494 e. The van der Waals surface area contributed by atoms with Gasteiger partial charge in [-0.25, -0.2) is 0 Å². The summed E-state index contributed by atoms with van der Waals surface area (Å²) in [6.45, 7) is 6.65. The molecule has 1 heterocycles. The third-order valence-electron chi connectivity index (χ3n) is 4.08. The molecule has 0 atom stereocenters. The van der Waals surface area contributed by atoms with E-state index >= 15 is 0 Å². The van der Waals surface area contributed by atoms with Crippen LogP contribution in [0.1, 0.15) is 28.5 Å². The van der Waals surface area contributed by atoms with E-state index in [9.17, 15) is 4.79 Å². The van der Waals surface area contributed by atoms with Crippen LogP contribution in [0.5, 0.6) is 5.75 Å². The number of pyridine rings is 1. The van der Waals surface area contributed by atoms with Gasteiger partial charge in [0.2, 0.25) is 0 Å². The molecule has 3 aromatic rings. The molecule has 5 heteroatoms. The maximum absolute atomic E-state index is 12.5. The number of aryl methyl sites for hydroxylation is 2. The molecule has 0 aliphatic carbocycles. The molecular formula is C22H23N3O2. The number of anilines is 3. The van der Waals surface area contributed by atoms with Crippen molar-refractivity contribution in [2.45, 2.75) is 20.8 Å². The fourth-order valence-corrected chi connectivity index (χ4v) is 2.74. The topological polar surface area (TPSA) is 63.2 Å². The Balaban J connectivity index is 1.71. The predicted octanol–water partition coefficient (Wildman–Crippen LogP) is 5.09. The van der Waals surface area contributed by atoms with E-state index in [0.717, 1.165) is 22.7 Å². The van der Waals surface area contributed by atoms with Gasteiger partial charge >= 0.3 is 0 Å². The maximum Gasteiger partial charge on any atom is 0.274 e. The maximum atomic E-state index is 12.5. The number of nitrogens with zero attached hydrogens (tertiary/aromatic N) is 1. The molecule has 0 radical (unpaired) electrons. The summed E-state index contributed by atoms with van der Waals surface area (Å²) in [6.07, 6.45) is 1.62. The molecule has 0 bridgehead atoms. The minimum absolute atomic E-state index is 0.261. The summed E-state index contributed by atoms with van der Waals surface area (Å²) in [7, 11) is 0. The zero-order valence-electron chi connectivity index (χ0n) is 15.7. The van der Waals surface area contributed by atoms with Gasteiger partial charge in [-0.1, -0.05) is 17.7 Å². The van der Waals surface area contributed by atoms with Crippen LogP contribution in [0.3, 0.4) is 0 Å². The summed E-state index contributed by atoms with van der Waals surface area (Å²) in [5, 5.41) is 6.20. The van der Waals surface area contributed by atoms with Crippen molar-refractivity contribution in [2.75, 3.05) is 17.2 Å². The highest BCUT2D eigenvalue weighted by molar-refractivity contribution is 6.03. The summed E-state index contributed by atoms with van der Waals surface area (Å²) in [4.78, 5) is 16.7. The Morgan fingerprint density at radius 1 is 1.00 bits per heavy atom. The Labute approximate surface area is 159 Å². The second kappa shape index (κ2) is 8.36. The number of carbonyl (C=O) groups excluding carboxylic acids is 1. The Bertz CT molecular complexity index is 937. The lowest BCUT2D eigenvalue weighted by molar-refractivity contribution is 0.102. The van der Waals surface area contributed by atoms with Gasteiger partial charge in [0, 0.05) is 23.3 Å². The molecule has 0 aliphatic heterocycles. The number of hydrogen-bond donors (Lipinski definition) is 2. The highest BCUT2D eigenvalue weighted by atomic mass is 16.5. The molecule has 1 aromatic heterocycles. The SMILES string of the molecule is CCOc1ccc(NC(=O)c2cc(Nc3ccc(C)cc3C)ccn2)cc1. The molecule has 2 aromatic carbocycles. The van der Waals surface area contributed by atoms with E-state index in [1.165, 1.54) is 5.56 Å². The van der Waals surface area contributed by atoms with Crippen molar-refractivity contribution in [3.63, 3.8) is 0 Å². The monoisotopic (exact) mass is 361 g/mol. The van der Waals surface area contributed by atoms with Gasteiger partial charge in [0.1, 0.15) is 11.4 Å². The molecule has 0 fully saturated rings. The van der Waals surface area contributed by atoms with E-state index in [2.05, 4.69) is 41.6 Å². The number of rotatable bonds is 6. The largest absolute Gasteiger partial charge is 0.494 e. The van der Waals surface area contributed by atoms with E-state index in [1.807, 2.05) is 31.2 Å². The number of benzene rings is 2. The van der Waals surface area contributed by atoms with Crippen LogP contribution in [-0.2, 0) is 0 Å². The molecule has 138 valence electrons. The summed E-state index contributed by atoms with van der Waals surface area (Å²) < 4.78 is 5.41. The third-order valence-corrected chi connectivity index (χ3v) is 4.08. The van der Waals surface area contributed by atoms with Crippen molar-refractivity contribution in [3.8, 4) is 5.75 Å². The zero-order valence-corrected chi connectivity index (χ0v) is 15.7. The lowest BCUT2D eigenvalue weighted by Crippen LogP contribution is -2.13. The van der Waals surface area contributed by atoms with Crippen LogP contribution in [0.2, 0.25) is 0 Å². The molecule has 3 rings (SSSR count). The summed E-state index contributed by atoms with van der Waals surface area (Å²) in [5.74, 6) is 0.511. The first-order valence-electron chi connectivity index (χ1n) is 8.89.